The molecule has 35 heavy (non-hydrogen) atoms. The zero-order chi connectivity index (χ0) is 25.5. The SMILES string of the molecule is Nc1ncnc2c1ncn2[C@@H]1O[C@H](COP(=O)(O)OP(=O)(O)OC[C@H]2CC[C@H](O)[C@@H]2O)[C@@H](O)[C@H]1O. The van der Waals surface area contributed by atoms with E-state index in [2.05, 4.69) is 28.3 Å². The van der Waals surface area contributed by atoms with Crippen molar-refractivity contribution in [1.82, 2.24) is 19.5 Å². The molecule has 0 bridgehead atoms. The highest BCUT2D eigenvalue weighted by atomic mass is 31.3. The van der Waals surface area contributed by atoms with Gasteiger partial charge < -0.3 is 40.7 Å². The van der Waals surface area contributed by atoms with E-state index in [9.17, 15) is 39.3 Å². The van der Waals surface area contributed by atoms with Crippen molar-refractivity contribution >= 4 is 32.6 Å². The number of hydrogen-bond donors (Lipinski definition) is 7. The quantitative estimate of drug-likeness (QED) is 0.176. The average Bonchev–Trinajstić information content (AvgIpc) is 3.43. The van der Waals surface area contributed by atoms with E-state index in [1.165, 1.54) is 17.2 Å². The lowest BCUT2D eigenvalue weighted by atomic mass is 10.1. The molecule has 1 saturated heterocycles. The Morgan fingerprint density at radius 1 is 1.00 bits per heavy atom. The number of aliphatic hydroxyl groups is 4. The Morgan fingerprint density at radius 3 is 2.34 bits per heavy atom. The van der Waals surface area contributed by atoms with Crippen LogP contribution in [0.1, 0.15) is 19.1 Å². The van der Waals surface area contributed by atoms with Gasteiger partial charge in [0.05, 0.1) is 31.7 Å². The maximum absolute atomic E-state index is 12.2. The summed E-state index contributed by atoms with van der Waals surface area (Å²) in [6, 6.07) is 0. The Hall–Kier alpha value is -1.59. The Balaban J connectivity index is 1.34. The van der Waals surface area contributed by atoms with Gasteiger partial charge in [-0.25, -0.2) is 24.1 Å². The van der Waals surface area contributed by atoms with Gasteiger partial charge in [-0.3, -0.25) is 13.6 Å². The van der Waals surface area contributed by atoms with Crippen molar-refractivity contribution in [2.24, 2.45) is 5.92 Å². The number of phosphoric ester groups is 2. The molecule has 0 amide bonds. The number of nitrogens with two attached hydrogens (primary N) is 1. The third kappa shape index (κ3) is 5.72. The Bertz CT molecular complexity index is 1150. The second-order valence-corrected chi connectivity index (χ2v) is 11.2. The van der Waals surface area contributed by atoms with E-state index in [4.69, 9.17) is 10.5 Å². The van der Waals surface area contributed by atoms with Gasteiger partial charge in [-0.2, -0.15) is 4.31 Å². The van der Waals surface area contributed by atoms with Crippen LogP contribution < -0.4 is 5.73 Å². The van der Waals surface area contributed by atoms with Gasteiger partial charge in [0.1, 0.15) is 30.2 Å². The fraction of sp³-hybridized carbons (Fsp3) is 0.688. The van der Waals surface area contributed by atoms with Crippen molar-refractivity contribution < 1.29 is 57.4 Å². The van der Waals surface area contributed by atoms with Gasteiger partial charge in [-0.1, -0.05) is 0 Å². The number of imidazole rings is 1. The lowest BCUT2D eigenvalue weighted by Crippen LogP contribution is -2.33. The molecule has 2 aliphatic rings. The van der Waals surface area contributed by atoms with Gasteiger partial charge >= 0.3 is 15.6 Å². The Labute approximate surface area is 197 Å². The van der Waals surface area contributed by atoms with Crippen LogP contribution >= 0.6 is 15.6 Å². The van der Waals surface area contributed by atoms with Gasteiger partial charge in [-0.05, 0) is 12.8 Å². The van der Waals surface area contributed by atoms with E-state index in [0.717, 1.165) is 0 Å². The molecule has 9 atom stereocenters. The summed E-state index contributed by atoms with van der Waals surface area (Å²) in [5.41, 5.74) is 6.15. The fourth-order valence-electron chi connectivity index (χ4n) is 3.91. The Kier molecular flexibility index (Phi) is 7.60. The largest absolute Gasteiger partial charge is 0.481 e. The lowest BCUT2D eigenvalue weighted by molar-refractivity contribution is -0.0504. The first-order chi connectivity index (χ1) is 16.4. The number of rotatable bonds is 9. The van der Waals surface area contributed by atoms with Gasteiger partial charge in [0, 0.05) is 5.92 Å². The highest BCUT2D eigenvalue weighted by Gasteiger charge is 2.46. The molecule has 17 nitrogen and oxygen atoms in total. The summed E-state index contributed by atoms with van der Waals surface area (Å²) in [4.78, 5) is 31.4. The van der Waals surface area contributed by atoms with Crippen molar-refractivity contribution in [2.75, 3.05) is 18.9 Å². The summed E-state index contributed by atoms with van der Waals surface area (Å²) < 4.78 is 44.6. The molecule has 2 aromatic heterocycles. The number of hydrogen-bond acceptors (Lipinski definition) is 14. The van der Waals surface area contributed by atoms with Gasteiger partial charge in [0.15, 0.2) is 17.7 Å². The Morgan fingerprint density at radius 2 is 1.69 bits per heavy atom. The molecule has 1 saturated carbocycles. The maximum atomic E-state index is 12.2. The van der Waals surface area contributed by atoms with Crippen molar-refractivity contribution in [2.45, 2.75) is 49.6 Å². The van der Waals surface area contributed by atoms with Crippen molar-refractivity contribution in [3.8, 4) is 0 Å². The zero-order valence-corrected chi connectivity index (χ0v) is 19.7. The van der Waals surface area contributed by atoms with Crippen LogP contribution in [0.3, 0.4) is 0 Å². The highest BCUT2D eigenvalue weighted by Crippen LogP contribution is 2.61. The van der Waals surface area contributed by atoms with E-state index in [0.29, 0.717) is 6.42 Å². The molecule has 2 fully saturated rings. The predicted molar refractivity (Wildman–Crippen MR) is 113 cm³/mol. The number of fused-ring (bicyclic) bond motifs is 1. The van der Waals surface area contributed by atoms with Crippen LogP contribution in [0.4, 0.5) is 5.82 Å². The van der Waals surface area contributed by atoms with E-state index in [1.54, 1.807) is 0 Å². The van der Waals surface area contributed by atoms with Crippen LogP contribution in [0.15, 0.2) is 12.7 Å². The van der Waals surface area contributed by atoms with E-state index in [1.807, 2.05) is 0 Å². The van der Waals surface area contributed by atoms with Gasteiger partial charge in [0.25, 0.3) is 0 Å². The number of aliphatic hydroxyl groups excluding tert-OH is 4. The third-order valence-electron chi connectivity index (χ3n) is 5.77. The number of nitrogens with zero attached hydrogens (tertiary/aromatic N) is 4. The molecule has 0 radical (unpaired) electrons. The molecule has 0 spiro atoms. The summed E-state index contributed by atoms with van der Waals surface area (Å²) >= 11 is 0. The predicted octanol–water partition coefficient (Wildman–Crippen LogP) is -1.59. The minimum absolute atomic E-state index is 0.0781. The minimum atomic E-state index is -5.21. The van der Waals surface area contributed by atoms with Crippen LogP contribution in [0, 0.1) is 5.92 Å². The summed E-state index contributed by atoms with van der Waals surface area (Å²) in [5, 5.41) is 40.0. The summed E-state index contributed by atoms with van der Waals surface area (Å²) in [6.07, 6.45) is -4.90. The first-order valence-corrected chi connectivity index (χ1v) is 13.3. The van der Waals surface area contributed by atoms with Crippen molar-refractivity contribution in [3.05, 3.63) is 12.7 Å². The standard InChI is InChI=1S/C16H25N5O12P2/c17-14-10-15(19-5-18-14)21(6-20-10)16-13(25)12(24)9(32-16)4-31-35(28,29)33-34(26,27)30-3-7-1-2-8(22)11(7)23/h5-9,11-13,16,22-25H,1-4H2,(H,26,27)(H,28,29)(H2,17,18,19)/t7-,8+,9-,11-,12-,13-,16-/m1/s1. The molecule has 2 aromatic rings. The maximum Gasteiger partial charge on any atom is 0.481 e. The molecule has 8 N–H and O–H groups in total. The number of nitrogen functional groups attached to an aromatic ring is 1. The number of ether oxygens (including phenoxy) is 1. The molecule has 2 unspecified atom stereocenters. The monoisotopic (exact) mass is 541 g/mol. The van der Waals surface area contributed by atoms with E-state index >= 15 is 0 Å². The van der Waals surface area contributed by atoms with E-state index in [-0.39, 0.29) is 23.4 Å². The van der Waals surface area contributed by atoms with Crippen LogP contribution in [0.2, 0.25) is 0 Å². The number of anilines is 1. The number of phosphoric acid groups is 2. The minimum Gasteiger partial charge on any atom is -0.390 e. The molecule has 4 rings (SSSR count). The van der Waals surface area contributed by atoms with Crippen molar-refractivity contribution in [3.63, 3.8) is 0 Å². The molecule has 3 heterocycles. The van der Waals surface area contributed by atoms with Crippen molar-refractivity contribution in [1.29, 1.82) is 0 Å². The molecule has 1 aliphatic carbocycles. The summed E-state index contributed by atoms with van der Waals surface area (Å²) in [6.45, 7) is -1.34. The first kappa shape index (κ1) is 26.5. The average molecular weight is 541 g/mol. The van der Waals surface area contributed by atoms with Crippen LogP contribution in [0.5, 0.6) is 0 Å². The van der Waals surface area contributed by atoms with Crippen LogP contribution in [-0.4, -0.2) is 93.5 Å². The summed E-state index contributed by atoms with van der Waals surface area (Å²) in [7, 11) is -10.3. The topological polar surface area (TPSA) is 262 Å². The van der Waals surface area contributed by atoms with Gasteiger partial charge in [-0.15, -0.1) is 0 Å². The molecular formula is C16H25N5O12P2. The van der Waals surface area contributed by atoms with E-state index < -0.39 is 71.5 Å². The second kappa shape index (κ2) is 10.0. The molecule has 1 aliphatic heterocycles. The lowest BCUT2D eigenvalue weighted by Gasteiger charge is -2.21. The highest BCUT2D eigenvalue weighted by molar-refractivity contribution is 7.61. The summed E-state index contributed by atoms with van der Waals surface area (Å²) in [5.74, 6) is -0.595. The zero-order valence-electron chi connectivity index (χ0n) is 17.9. The molecular weight excluding hydrogens is 516 g/mol. The molecule has 19 heteroatoms. The smallest absolute Gasteiger partial charge is 0.390 e. The van der Waals surface area contributed by atoms with Gasteiger partial charge in [0.2, 0.25) is 0 Å². The van der Waals surface area contributed by atoms with Crippen LogP contribution in [-0.2, 0) is 27.2 Å². The number of aromatic nitrogens is 4. The first-order valence-electron chi connectivity index (χ1n) is 10.4. The normalized spacial score (nSPS) is 34.7. The second-order valence-electron chi connectivity index (χ2n) is 8.13. The third-order valence-corrected chi connectivity index (χ3v) is 8.37. The molecule has 0 aromatic carbocycles. The molecule has 196 valence electrons. The fourth-order valence-corrected chi connectivity index (χ4v) is 6.05. The van der Waals surface area contributed by atoms with Crippen LogP contribution in [0.25, 0.3) is 11.2 Å².